The summed E-state index contributed by atoms with van der Waals surface area (Å²) in [7, 11) is 0. The minimum atomic E-state index is -0.645. The summed E-state index contributed by atoms with van der Waals surface area (Å²) in [6, 6.07) is 22.8. The van der Waals surface area contributed by atoms with Crippen LogP contribution in [0, 0.1) is 23.7 Å². The van der Waals surface area contributed by atoms with E-state index in [1.165, 1.54) is 0 Å². The first-order chi connectivity index (χ1) is 16.0. The SMILES string of the molecule is C#Cc1ccc(N2CCN(CC(O)c3ccc(C#N)cc3)CC2c2ccc(Cl)cc2)c(Cl)c1. The fourth-order valence-electron chi connectivity index (χ4n) is 4.22. The fraction of sp³-hybridized carbons (Fsp3) is 0.222. The summed E-state index contributed by atoms with van der Waals surface area (Å²) in [5, 5.41) is 21.1. The monoisotopic (exact) mass is 475 g/mol. The van der Waals surface area contributed by atoms with E-state index in [9.17, 15) is 5.11 Å². The summed E-state index contributed by atoms with van der Waals surface area (Å²) in [5.74, 6) is 2.63. The number of nitrogens with zero attached hydrogens (tertiary/aromatic N) is 3. The molecule has 3 aromatic rings. The van der Waals surface area contributed by atoms with Crippen LogP contribution in [0.2, 0.25) is 10.0 Å². The minimum absolute atomic E-state index is 0.0263. The van der Waals surface area contributed by atoms with Crippen LogP contribution in [0.1, 0.15) is 34.4 Å². The van der Waals surface area contributed by atoms with Crippen molar-refractivity contribution in [3.8, 4) is 18.4 Å². The number of piperazine rings is 1. The number of anilines is 1. The van der Waals surface area contributed by atoms with Gasteiger partial charge in [-0.3, -0.25) is 4.90 Å². The van der Waals surface area contributed by atoms with Crippen molar-refractivity contribution in [2.45, 2.75) is 12.1 Å². The second-order valence-corrected chi connectivity index (χ2v) is 8.92. The molecule has 0 radical (unpaired) electrons. The molecule has 1 aliphatic rings. The maximum Gasteiger partial charge on any atom is 0.0991 e. The zero-order valence-corrected chi connectivity index (χ0v) is 19.5. The van der Waals surface area contributed by atoms with Crippen molar-refractivity contribution in [1.82, 2.24) is 4.90 Å². The van der Waals surface area contributed by atoms with E-state index in [1.54, 1.807) is 12.1 Å². The van der Waals surface area contributed by atoms with Gasteiger partial charge in [-0.25, -0.2) is 0 Å². The van der Waals surface area contributed by atoms with Crippen molar-refractivity contribution in [2.75, 3.05) is 31.1 Å². The lowest BCUT2D eigenvalue weighted by Gasteiger charge is -2.44. The first-order valence-corrected chi connectivity index (χ1v) is 11.4. The summed E-state index contributed by atoms with van der Waals surface area (Å²) >= 11 is 12.7. The maximum atomic E-state index is 10.8. The van der Waals surface area contributed by atoms with E-state index in [1.807, 2.05) is 54.6 Å². The van der Waals surface area contributed by atoms with Crippen molar-refractivity contribution < 1.29 is 5.11 Å². The smallest absolute Gasteiger partial charge is 0.0991 e. The van der Waals surface area contributed by atoms with E-state index in [0.29, 0.717) is 28.7 Å². The number of terminal acetylenes is 1. The van der Waals surface area contributed by atoms with Gasteiger partial charge in [-0.15, -0.1) is 6.42 Å². The van der Waals surface area contributed by atoms with Gasteiger partial charge in [0.25, 0.3) is 0 Å². The van der Waals surface area contributed by atoms with Gasteiger partial charge in [0.1, 0.15) is 0 Å². The molecular weight excluding hydrogens is 453 g/mol. The van der Waals surface area contributed by atoms with Gasteiger partial charge in [0.2, 0.25) is 0 Å². The van der Waals surface area contributed by atoms with Gasteiger partial charge in [0, 0.05) is 36.8 Å². The molecule has 0 amide bonds. The molecule has 1 heterocycles. The molecule has 3 aromatic carbocycles. The molecule has 166 valence electrons. The number of nitriles is 1. The molecule has 0 aromatic heterocycles. The number of aliphatic hydroxyl groups is 1. The van der Waals surface area contributed by atoms with E-state index in [0.717, 1.165) is 35.5 Å². The third kappa shape index (κ3) is 5.33. The second kappa shape index (κ2) is 10.3. The molecule has 1 N–H and O–H groups in total. The van der Waals surface area contributed by atoms with Crippen LogP contribution in [0.4, 0.5) is 5.69 Å². The highest BCUT2D eigenvalue weighted by Gasteiger charge is 2.30. The highest BCUT2D eigenvalue weighted by atomic mass is 35.5. The summed E-state index contributed by atoms with van der Waals surface area (Å²) < 4.78 is 0. The molecule has 4 rings (SSSR count). The second-order valence-electron chi connectivity index (χ2n) is 8.08. The topological polar surface area (TPSA) is 50.5 Å². The molecule has 1 fully saturated rings. The number of β-amino-alcohol motifs (C(OH)–C–C–N with tert-alkyl or cyclic N) is 1. The Hall–Kier alpha value is -2.99. The molecule has 33 heavy (non-hydrogen) atoms. The van der Waals surface area contributed by atoms with E-state index < -0.39 is 6.10 Å². The Balaban J connectivity index is 1.57. The molecule has 2 atom stereocenters. The lowest BCUT2D eigenvalue weighted by atomic mass is 10.00. The summed E-state index contributed by atoms with van der Waals surface area (Å²) in [6.45, 7) is 2.71. The van der Waals surface area contributed by atoms with Crippen LogP contribution >= 0.6 is 23.2 Å². The Bertz CT molecular complexity index is 1200. The Labute approximate surface area is 204 Å². The standard InChI is InChI=1S/C27H23Cl2N3O/c1-2-19-5-12-25(24(29)15-19)32-14-13-31(17-26(32)21-8-10-23(28)11-9-21)18-27(33)22-6-3-20(16-30)4-7-22/h1,3-12,15,26-27,33H,13-14,17-18H2. The molecule has 0 spiro atoms. The number of hydrogen-bond acceptors (Lipinski definition) is 4. The Morgan fingerprint density at radius 1 is 1.00 bits per heavy atom. The van der Waals surface area contributed by atoms with Gasteiger partial charge in [-0.1, -0.05) is 53.4 Å². The predicted molar refractivity (Wildman–Crippen MR) is 133 cm³/mol. The number of hydrogen-bond donors (Lipinski definition) is 1. The lowest BCUT2D eigenvalue weighted by molar-refractivity contribution is 0.100. The number of rotatable bonds is 5. The Morgan fingerprint density at radius 3 is 2.33 bits per heavy atom. The van der Waals surface area contributed by atoms with Crippen molar-refractivity contribution in [3.05, 3.63) is 99.0 Å². The highest BCUT2D eigenvalue weighted by molar-refractivity contribution is 6.33. The molecule has 6 heteroatoms. The lowest BCUT2D eigenvalue weighted by Crippen LogP contribution is -2.49. The van der Waals surface area contributed by atoms with Gasteiger partial charge < -0.3 is 10.0 Å². The molecule has 0 bridgehead atoms. The molecule has 0 saturated carbocycles. The normalized spacial score (nSPS) is 17.2. The van der Waals surface area contributed by atoms with Gasteiger partial charge in [0.05, 0.1) is 34.5 Å². The van der Waals surface area contributed by atoms with Crippen LogP contribution in [-0.2, 0) is 0 Å². The predicted octanol–water partition coefficient (Wildman–Crippen LogP) is 5.44. The van der Waals surface area contributed by atoms with Gasteiger partial charge in [0.15, 0.2) is 0 Å². The van der Waals surface area contributed by atoms with Crippen molar-refractivity contribution in [2.24, 2.45) is 0 Å². The molecular formula is C27H23Cl2N3O. The summed E-state index contributed by atoms with van der Waals surface area (Å²) in [5.41, 5.74) is 4.18. The third-order valence-electron chi connectivity index (χ3n) is 6.00. The molecule has 4 nitrogen and oxygen atoms in total. The van der Waals surface area contributed by atoms with Gasteiger partial charge >= 0.3 is 0 Å². The fourth-order valence-corrected chi connectivity index (χ4v) is 4.64. The van der Waals surface area contributed by atoms with Crippen LogP contribution in [0.15, 0.2) is 66.7 Å². The first-order valence-electron chi connectivity index (χ1n) is 10.7. The van der Waals surface area contributed by atoms with Crippen LogP contribution < -0.4 is 4.90 Å². The molecule has 0 aliphatic carbocycles. The number of halogens is 2. The van der Waals surface area contributed by atoms with Crippen LogP contribution in [0.3, 0.4) is 0 Å². The maximum absolute atomic E-state index is 10.8. The average Bonchev–Trinajstić information content (AvgIpc) is 2.84. The number of aliphatic hydroxyl groups excluding tert-OH is 1. The van der Waals surface area contributed by atoms with Crippen molar-refractivity contribution in [1.29, 1.82) is 5.26 Å². The highest BCUT2D eigenvalue weighted by Crippen LogP contribution is 2.36. The van der Waals surface area contributed by atoms with Gasteiger partial charge in [-0.05, 0) is 53.6 Å². The Kier molecular flexibility index (Phi) is 7.23. The third-order valence-corrected chi connectivity index (χ3v) is 6.55. The van der Waals surface area contributed by atoms with Crippen molar-refractivity contribution in [3.63, 3.8) is 0 Å². The quantitative estimate of drug-likeness (QED) is 0.498. The summed E-state index contributed by atoms with van der Waals surface area (Å²) in [4.78, 5) is 4.54. The molecule has 2 unspecified atom stereocenters. The van der Waals surface area contributed by atoms with E-state index in [4.69, 9.17) is 34.9 Å². The summed E-state index contributed by atoms with van der Waals surface area (Å²) in [6.07, 6.45) is 4.88. The minimum Gasteiger partial charge on any atom is -0.387 e. The molecule has 1 aliphatic heterocycles. The van der Waals surface area contributed by atoms with Crippen molar-refractivity contribution >= 4 is 28.9 Å². The molecule has 1 saturated heterocycles. The number of benzene rings is 3. The van der Waals surface area contributed by atoms with E-state index in [-0.39, 0.29) is 6.04 Å². The average molecular weight is 476 g/mol. The first kappa shape index (κ1) is 23.2. The van der Waals surface area contributed by atoms with E-state index in [2.05, 4.69) is 21.8 Å². The van der Waals surface area contributed by atoms with E-state index >= 15 is 0 Å². The van der Waals surface area contributed by atoms with Crippen LogP contribution in [-0.4, -0.2) is 36.2 Å². The largest absolute Gasteiger partial charge is 0.387 e. The Morgan fingerprint density at radius 2 is 1.70 bits per heavy atom. The van der Waals surface area contributed by atoms with Gasteiger partial charge in [-0.2, -0.15) is 5.26 Å². The van der Waals surface area contributed by atoms with Crippen LogP contribution in [0.5, 0.6) is 0 Å². The van der Waals surface area contributed by atoms with Crippen LogP contribution in [0.25, 0.3) is 0 Å². The zero-order valence-electron chi connectivity index (χ0n) is 18.0. The zero-order chi connectivity index (χ0) is 23.4.